The van der Waals surface area contributed by atoms with Crippen molar-refractivity contribution < 1.29 is 13.2 Å². The van der Waals surface area contributed by atoms with Crippen molar-refractivity contribution in [3.63, 3.8) is 0 Å². The van der Waals surface area contributed by atoms with E-state index in [-0.39, 0.29) is 11.4 Å². The Hall–Kier alpha value is -3.32. The van der Waals surface area contributed by atoms with Crippen LogP contribution in [-0.4, -0.2) is 34.0 Å². The van der Waals surface area contributed by atoms with Crippen molar-refractivity contribution in [2.75, 3.05) is 34.2 Å². The van der Waals surface area contributed by atoms with Gasteiger partial charge in [-0.25, -0.2) is 8.42 Å². The second kappa shape index (κ2) is 10.3. The Bertz CT molecular complexity index is 1240. The fourth-order valence-corrected chi connectivity index (χ4v) is 5.74. The molecule has 1 aliphatic rings. The van der Waals surface area contributed by atoms with Crippen molar-refractivity contribution in [2.45, 2.75) is 38.0 Å². The van der Waals surface area contributed by atoms with E-state index in [2.05, 4.69) is 10.2 Å². The number of hydrogen-bond donors (Lipinski definition) is 1. The molecular formula is C27H31N3O3S. The van der Waals surface area contributed by atoms with E-state index in [0.717, 1.165) is 29.9 Å². The van der Waals surface area contributed by atoms with Gasteiger partial charge in [0.25, 0.3) is 10.0 Å². The fraction of sp³-hybridized carbons (Fsp3) is 0.296. The van der Waals surface area contributed by atoms with E-state index in [1.54, 1.807) is 36.4 Å². The number of nitrogens with zero attached hydrogens (tertiary/aromatic N) is 2. The first-order valence-electron chi connectivity index (χ1n) is 11.6. The van der Waals surface area contributed by atoms with Crippen LogP contribution in [0.3, 0.4) is 0 Å². The highest BCUT2D eigenvalue weighted by atomic mass is 32.2. The third-order valence-electron chi connectivity index (χ3n) is 6.12. The van der Waals surface area contributed by atoms with Crippen LogP contribution >= 0.6 is 0 Å². The molecule has 1 saturated heterocycles. The van der Waals surface area contributed by atoms with Crippen molar-refractivity contribution in [2.24, 2.45) is 0 Å². The zero-order valence-corrected chi connectivity index (χ0v) is 20.5. The molecular weight excluding hydrogens is 446 g/mol. The largest absolute Gasteiger partial charge is 0.372 e. The van der Waals surface area contributed by atoms with Crippen LogP contribution in [0.1, 0.15) is 30.4 Å². The Morgan fingerprint density at radius 3 is 2.26 bits per heavy atom. The third-order valence-corrected chi connectivity index (χ3v) is 7.90. The van der Waals surface area contributed by atoms with Crippen LogP contribution in [0.4, 0.5) is 17.1 Å². The lowest BCUT2D eigenvalue weighted by Gasteiger charge is -2.29. The molecule has 0 radical (unpaired) electrons. The molecule has 0 aromatic heterocycles. The summed E-state index contributed by atoms with van der Waals surface area (Å²) >= 11 is 0. The molecule has 1 aliphatic heterocycles. The van der Waals surface area contributed by atoms with Gasteiger partial charge in [0.15, 0.2) is 0 Å². The average Bonchev–Trinajstić information content (AvgIpc) is 2.85. The van der Waals surface area contributed by atoms with Crippen LogP contribution in [0, 0.1) is 13.8 Å². The van der Waals surface area contributed by atoms with Gasteiger partial charge in [0.1, 0.15) is 6.54 Å². The van der Waals surface area contributed by atoms with Crippen LogP contribution in [-0.2, 0) is 14.8 Å². The summed E-state index contributed by atoms with van der Waals surface area (Å²) < 4.78 is 28.3. The van der Waals surface area contributed by atoms with Crippen molar-refractivity contribution >= 4 is 33.0 Å². The van der Waals surface area contributed by atoms with E-state index in [9.17, 15) is 13.2 Å². The maximum Gasteiger partial charge on any atom is 0.264 e. The zero-order chi connectivity index (χ0) is 24.1. The smallest absolute Gasteiger partial charge is 0.264 e. The monoisotopic (exact) mass is 477 g/mol. The molecule has 0 spiro atoms. The topological polar surface area (TPSA) is 69.7 Å². The number of piperidine rings is 1. The molecule has 1 fully saturated rings. The molecule has 7 heteroatoms. The molecule has 0 atom stereocenters. The van der Waals surface area contributed by atoms with Crippen LogP contribution in [0.5, 0.6) is 0 Å². The van der Waals surface area contributed by atoms with Gasteiger partial charge in [-0.1, -0.05) is 30.3 Å². The normalized spacial score (nSPS) is 14.0. The molecule has 1 heterocycles. The zero-order valence-electron chi connectivity index (χ0n) is 19.7. The third kappa shape index (κ3) is 5.42. The van der Waals surface area contributed by atoms with Gasteiger partial charge in [-0.15, -0.1) is 0 Å². The second-order valence-corrected chi connectivity index (χ2v) is 10.6. The number of carbonyl (C=O) groups excluding carboxylic acids is 1. The lowest BCUT2D eigenvalue weighted by Crippen LogP contribution is -2.38. The van der Waals surface area contributed by atoms with Crippen LogP contribution < -0.4 is 14.5 Å². The van der Waals surface area contributed by atoms with E-state index in [4.69, 9.17) is 0 Å². The van der Waals surface area contributed by atoms with Gasteiger partial charge in [-0.3, -0.25) is 9.10 Å². The molecule has 178 valence electrons. The number of anilines is 3. The predicted molar refractivity (Wildman–Crippen MR) is 138 cm³/mol. The molecule has 34 heavy (non-hydrogen) atoms. The quantitative estimate of drug-likeness (QED) is 0.512. The van der Waals surface area contributed by atoms with Gasteiger partial charge in [0.05, 0.1) is 10.6 Å². The van der Waals surface area contributed by atoms with Crippen molar-refractivity contribution in [3.8, 4) is 0 Å². The first-order chi connectivity index (χ1) is 16.3. The first kappa shape index (κ1) is 23.8. The van der Waals surface area contributed by atoms with Gasteiger partial charge in [0.2, 0.25) is 5.91 Å². The fourth-order valence-electron chi connectivity index (χ4n) is 4.25. The molecule has 3 aromatic rings. The summed E-state index contributed by atoms with van der Waals surface area (Å²) in [5.41, 5.74) is 3.98. The molecule has 0 bridgehead atoms. The molecule has 3 aromatic carbocycles. The second-order valence-electron chi connectivity index (χ2n) is 8.76. The van der Waals surface area contributed by atoms with Gasteiger partial charge in [-0.05, 0) is 86.7 Å². The minimum absolute atomic E-state index is 0.148. The summed E-state index contributed by atoms with van der Waals surface area (Å²) in [6.07, 6.45) is 3.67. The standard InChI is InChI=1S/C27H31N3O3S/c1-21-11-12-22(2)26(19-21)30(34(32,33)25-9-5-3-6-10-25)20-27(31)28-23-13-15-24(16-14-23)29-17-7-4-8-18-29/h3,5-6,9-16,19H,4,7-8,17-18,20H2,1-2H3,(H,28,31). The Kier molecular flexibility index (Phi) is 7.22. The van der Waals surface area contributed by atoms with Crippen LogP contribution in [0.25, 0.3) is 0 Å². The molecule has 0 saturated carbocycles. The van der Waals surface area contributed by atoms with Gasteiger partial charge < -0.3 is 10.2 Å². The SMILES string of the molecule is Cc1ccc(C)c(N(CC(=O)Nc2ccc(N3CCCCC3)cc2)S(=O)(=O)c2ccccc2)c1. The number of rotatable bonds is 7. The number of aryl methyl sites for hydroxylation is 2. The summed E-state index contributed by atoms with van der Waals surface area (Å²) in [7, 11) is -3.94. The van der Waals surface area contributed by atoms with E-state index < -0.39 is 15.9 Å². The molecule has 1 amide bonds. The number of sulfonamides is 1. The van der Waals surface area contributed by atoms with E-state index in [1.807, 2.05) is 50.2 Å². The Morgan fingerprint density at radius 1 is 0.912 bits per heavy atom. The highest BCUT2D eigenvalue weighted by molar-refractivity contribution is 7.92. The molecule has 0 unspecified atom stereocenters. The maximum absolute atomic E-state index is 13.5. The molecule has 1 N–H and O–H groups in total. The van der Waals surface area contributed by atoms with E-state index in [0.29, 0.717) is 11.4 Å². The summed E-state index contributed by atoms with van der Waals surface area (Å²) in [5.74, 6) is -0.397. The summed E-state index contributed by atoms with van der Waals surface area (Å²) in [5, 5.41) is 2.87. The average molecular weight is 478 g/mol. The number of carbonyl (C=O) groups is 1. The number of nitrogens with one attached hydrogen (secondary N) is 1. The first-order valence-corrected chi connectivity index (χ1v) is 13.1. The summed E-state index contributed by atoms with van der Waals surface area (Å²) in [6.45, 7) is 5.52. The number of benzene rings is 3. The van der Waals surface area contributed by atoms with E-state index >= 15 is 0 Å². The van der Waals surface area contributed by atoms with Crippen molar-refractivity contribution in [1.82, 2.24) is 0 Å². The summed E-state index contributed by atoms with van der Waals surface area (Å²) in [6, 6.07) is 21.6. The maximum atomic E-state index is 13.5. The minimum atomic E-state index is -3.94. The van der Waals surface area contributed by atoms with Crippen molar-refractivity contribution in [3.05, 3.63) is 83.9 Å². The lowest BCUT2D eigenvalue weighted by atomic mass is 10.1. The highest BCUT2D eigenvalue weighted by Gasteiger charge is 2.28. The molecule has 0 aliphatic carbocycles. The minimum Gasteiger partial charge on any atom is -0.372 e. The van der Waals surface area contributed by atoms with Gasteiger partial charge in [-0.2, -0.15) is 0 Å². The number of hydrogen-bond acceptors (Lipinski definition) is 4. The summed E-state index contributed by atoms with van der Waals surface area (Å²) in [4.78, 5) is 15.5. The Balaban J connectivity index is 1.56. The van der Waals surface area contributed by atoms with Gasteiger partial charge >= 0.3 is 0 Å². The predicted octanol–water partition coefficient (Wildman–Crippen LogP) is 5.13. The van der Waals surface area contributed by atoms with E-state index in [1.165, 1.54) is 23.6 Å². The molecule has 4 rings (SSSR count). The van der Waals surface area contributed by atoms with Crippen LogP contribution in [0.15, 0.2) is 77.7 Å². The molecule has 6 nitrogen and oxygen atoms in total. The number of amides is 1. The van der Waals surface area contributed by atoms with Crippen LogP contribution in [0.2, 0.25) is 0 Å². The van der Waals surface area contributed by atoms with Crippen molar-refractivity contribution in [1.29, 1.82) is 0 Å². The van der Waals surface area contributed by atoms with Gasteiger partial charge in [0, 0.05) is 24.5 Å². The highest BCUT2D eigenvalue weighted by Crippen LogP contribution is 2.28. The Labute approximate surface area is 202 Å². The lowest BCUT2D eigenvalue weighted by molar-refractivity contribution is -0.114. The Morgan fingerprint density at radius 2 is 1.59 bits per heavy atom.